The number of aliphatic hydroxyl groups is 2. The first-order chi connectivity index (χ1) is 21.4. The molecule has 2 saturated heterocycles. The van der Waals surface area contributed by atoms with Crippen molar-refractivity contribution in [2.45, 2.75) is 56.6 Å². The maximum absolute atomic E-state index is 12.4. The van der Waals surface area contributed by atoms with Gasteiger partial charge in [-0.25, -0.2) is 33.4 Å². The van der Waals surface area contributed by atoms with Crippen LogP contribution in [0.4, 0.5) is 5.82 Å². The first-order valence-corrected chi connectivity index (χ1v) is 17.5. The largest absolute Gasteiger partial charge is 0.490 e. The summed E-state index contributed by atoms with van der Waals surface area (Å²) in [7, 11) is -16.9. The van der Waals surface area contributed by atoms with E-state index >= 15 is 0 Å². The molecule has 254 valence electrons. The summed E-state index contributed by atoms with van der Waals surface area (Å²) in [6.07, 6.45) is -3.76. The maximum atomic E-state index is 12.4. The summed E-state index contributed by atoms with van der Waals surface area (Å²) >= 11 is 0. The second-order valence-corrected chi connectivity index (χ2v) is 14.7. The van der Waals surface area contributed by atoms with Crippen LogP contribution >= 0.6 is 23.5 Å². The number of aromatic nitrogens is 6. The van der Waals surface area contributed by atoms with E-state index in [0.29, 0.717) is 0 Å². The van der Waals surface area contributed by atoms with Gasteiger partial charge < -0.3 is 40.1 Å². The van der Waals surface area contributed by atoms with Crippen LogP contribution < -0.4 is 17.0 Å². The molecule has 23 nitrogen and oxygen atoms in total. The van der Waals surface area contributed by atoms with E-state index in [1.165, 1.54) is 30.3 Å². The molecule has 9 atom stereocenters. The minimum atomic E-state index is -5.85. The lowest BCUT2D eigenvalue weighted by atomic mass is 10.2. The molecule has 5 heterocycles. The highest BCUT2D eigenvalue weighted by atomic mass is 31.3. The van der Waals surface area contributed by atoms with Crippen molar-refractivity contribution >= 4 is 40.4 Å². The molecule has 26 heteroatoms. The minimum absolute atomic E-state index is 0.0476. The van der Waals surface area contributed by atoms with Crippen molar-refractivity contribution in [3.05, 3.63) is 45.3 Å². The highest BCUT2D eigenvalue weighted by Gasteiger charge is 2.45. The highest BCUT2D eigenvalue weighted by molar-refractivity contribution is 7.66. The van der Waals surface area contributed by atoms with Gasteiger partial charge in [-0.2, -0.15) is 8.62 Å². The van der Waals surface area contributed by atoms with Gasteiger partial charge >= 0.3 is 29.2 Å². The van der Waals surface area contributed by atoms with Crippen molar-refractivity contribution < 1.29 is 65.7 Å². The van der Waals surface area contributed by atoms with E-state index in [9.17, 15) is 48.2 Å². The molecule has 0 aliphatic carbocycles. The molecule has 2 aliphatic heterocycles. The quantitative estimate of drug-likeness (QED) is 0.110. The van der Waals surface area contributed by atoms with E-state index in [1.807, 2.05) is 0 Å². The molecule has 8 N–H and O–H groups in total. The number of hydrogen-bond acceptors (Lipinski definition) is 17. The maximum Gasteiger partial charge on any atom is 0.490 e. The molecular weight excluding hydrogens is 687 g/mol. The number of nitrogens with zero attached hydrogens (tertiary/aromatic N) is 5. The number of H-pyrrole nitrogens is 1. The van der Waals surface area contributed by atoms with Crippen LogP contribution in [0.15, 0.2) is 28.4 Å². The number of phosphoric acid groups is 3. The first-order valence-electron chi connectivity index (χ1n) is 13.1. The van der Waals surface area contributed by atoms with Gasteiger partial charge in [-0.3, -0.25) is 28.0 Å². The summed E-state index contributed by atoms with van der Waals surface area (Å²) in [5.74, 6) is 0.0998. The number of aryl methyl sites for hydroxylation is 1. The molecule has 3 aromatic heterocycles. The van der Waals surface area contributed by atoms with Gasteiger partial charge in [0.1, 0.15) is 36.5 Å². The fourth-order valence-corrected chi connectivity index (χ4v) is 8.13. The lowest BCUT2D eigenvalue weighted by Crippen LogP contribution is -2.33. The molecule has 0 bridgehead atoms. The Morgan fingerprint density at radius 2 is 1.46 bits per heavy atom. The van der Waals surface area contributed by atoms with E-state index in [0.717, 1.165) is 4.57 Å². The van der Waals surface area contributed by atoms with Crippen molar-refractivity contribution in [1.29, 1.82) is 0 Å². The number of hydrogen-bond donors (Lipinski definition) is 7. The first kappa shape index (κ1) is 34.6. The number of phosphoric ester groups is 2. The lowest BCUT2D eigenvalue weighted by Gasteiger charge is -2.21. The van der Waals surface area contributed by atoms with Crippen molar-refractivity contribution in [2.75, 3.05) is 18.9 Å². The van der Waals surface area contributed by atoms with Crippen LogP contribution in [0.2, 0.25) is 0 Å². The fourth-order valence-electron chi connectivity index (χ4n) is 4.61. The highest BCUT2D eigenvalue weighted by Crippen LogP contribution is 2.67. The molecule has 0 amide bonds. The molecule has 0 saturated carbocycles. The monoisotopic (exact) mass is 715 g/mol. The number of aliphatic hydroxyl groups excluding tert-OH is 2. The van der Waals surface area contributed by atoms with Crippen LogP contribution in [0.3, 0.4) is 0 Å². The number of anilines is 1. The van der Waals surface area contributed by atoms with Crippen LogP contribution in [0.1, 0.15) is 30.9 Å². The Morgan fingerprint density at radius 1 is 0.913 bits per heavy atom. The van der Waals surface area contributed by atoms with Crippen molar-refractivity contribution in [3.63, 3.8) is 0 Å². The van der Waals surface area contributed by atoms with E-state index in [4.69, 9.17) is 15.2 Å². The summed E-state index contributed by atoms with van der Waals surface area (Å²) in [4.78, 5) is 67.4. The van der Waals surface area contributed by atoms with Gasteiger partial charge in [-0.1, -0.05) is 0 Å². The van der Waals surface area contributed by atoms with Gasteiger partial charge in [0.2, 0.25) is 0 Å². The number of nitrogens with two attached hydrogens (primary N) is 1. The zero-order chi connectivity index (χ0) is 33.6. The van der Waals surface area contributed by atoms with Crippen molar-refractivity contribution in [1.82, 2.24) is 29.1 Å². The number of imidazole rings is 1. The average molecular weight is 715 g/mol. The van der Waals surface area contributed by atoms with Gasteiger partial charge in [-0.15, -0.1) is 0 Å². The molecule has 0 spiro atoms. The van der Waals surface area contributed by atoms with Crippen molar-refractivity contribution in [2.24, 2.45) is 0 Å². The SMILES string of the molecule is Cc1cn([C@H]2C[C@H](O)[C@@H](COP(=O)(O)OP(=O)(O)OP(=O)(O)OC[C@H]3O[C@@H](n4cnc5c(N)ncnc54)C[C@@H]3O)O2)c(=O)[nH]c1=O. The number of nitrogens with one attached hydrogen (secondary N) is 1. The Balaban J connectivity index is 1.12. The van der Waals surface area contributed by atoms with Gasteiger partial charge in [0, 0.05) is 24.6 Å². The minimum Gasteiger partial charge on any atom is -0.390 e. The Labute approximate surface area is 256 Å². The zero-order valence-corrected chi connectivity index (χ0v) is 26.1. The van der Waals surface area contributed by atoms with Crippen LogP contribution in [-0.2, 0) is 40.8 Å². The molecule has 5 rings (SSSR count). The van der Waals surface area contributed by atoms with Gasteiger partial charge in [-0.05, 0) is 6.92 Å². The third kappa shape index (κ3) is 7.87. The Bertz CT molecular complexity index is 1870. The fraction of sp³-hybridized carbons (Fsp3) is 0.550. The molecule has 0 aromatic carbocycles. The third-order valence-electron chi connectivity index (χ3n) is 6.78. The predicted octanol–water partition coefficient (Wildman–Crippen LogP) is -1.07. The second kappa shape index (κ2) is 13.1. The summed E-state index contributed by atoms with van der Waals surface area (Å²) in [6.45, 7) is -0.345. The third-order valence-corrected chi connectivity index (χ3v) is 11.0. The molecular formula is C20H28N7O16P3. The number of aromatic amines is 1. The topological polar surface area (TPSA) is 332 Å². The van der Waals surface area contributed by atoms with E-state index in [2.05, 4.69) is 37.6 Å². The normalized spacial score (nSPS) is 29.0. The Hall–Kier alpha value is -2.72. The Kier molecular flexibility index (Phi) is 9.82. The average Bonchev–Trinajstić information content (AvgIpc) is 3.64. The number of rotatable bonds is 12. The molecule has 3 unspecified atom stereocenters. The van der Waals surface area contributed by atoms with Crippen LogP contribution in [0.5, 0.6) is 0 Å². The summed E-state index contributed by atoms with van der Waals surface area (Å²) in [6, 6.07) is 0. The van der Waals surface area contributed by atoms with E-state index in [1.54, 1.807) is 0 Å². The number of ether oxygens (including phenoxy) is 2. The Morgan fingerprint density at radius 3 is 2.02 bits per heavy atom. The van der Waals surface area contributed by atoms with Crippen LogP contribution in [0.25, 0.3) is 11.2 Å². The van der Waals surface area contributed by atoms with Gasteiger partial charge in [0.15, 0.2) is 11.5 Å². The molecule has 46 heavy (non-hydrogen) atoms. The van der Waals surface area contributed by atoms with Crippen LogP contribution in [-0.4, -0.2) is 91.6 Å². The summed E-state index contributed by atoms with van der Waals surface area (Å²) < 4.78 is 67.8. The standard InChI is InChI=1S/C20H28N7O16P3/c1-9-4-26(20(31)25-19(9)30)14-2-10(28)12(40-14)5-38-44(32,33)42-46(36,37)43-45(34,35)39-6-13-11(29)3-15(41-13)27-8-24-16-17(21)22-7-23-18(16)27/h4,7-8,10-15,28-29H,2-3,5-6H2,1H3,(H,32,33)(H,34,35)(H,36,37)(H2,21,22,23)(H,25,30,31)/t10-,11-,12+,13+,14+,15+/m0/s1. The molecule has 3 aromatic rings. The number of nitrogen functional groups attached to an aromatic ring is 1. The number of fused-ring (bicyclic) bond motifs is 1. The lowest BCUT2D eigenvalue weighted by molar-refractivity contribution is -0.0454. The van der Waals surface area contributed by atoms with Crippen LogP contribution in [0, 0.1) is 6.92 Å². The molecule has 0 radical (unpaired) electrons. The van der Waals surface area contributed by atoms with Crippen molar-refractivity contribution in [3.8, 4) is 0 Å². The second-order valence-electron chi connectivity index (χ2n) is 10.1. The zero-order valence-electron chi connectivity index (χ0n) is 23.4. The van der Waals surface area contributed by atoms with Gasteiger partial charge in [0.25, 0.3) is 5.56 Å². The summed E-state index contributed by atoms with van der Waals surface area (Å²) in [5, 5.41) is 20.6. The van der Waals surface area contributed by atoms with Gasteiger partial charge in [0.05, 0.1) is 31.7 Å². The predicted molar refractivity (Wildman–Crippen MR) is 148 cm³/mol. The summed E-state index contributed by atoms with van der Waals surface area (Å²) in [5.41, 5.74) is 4.99. The smallest absolute Gasteiger partial charge is 0.390 e. The molecule has 2 fully saturated rings. The molecule has 2 aliphatic rings. The van der Waals surface area contributed by atoms with E-state index in [-0.39, 0.29) is 35.4 Å². The van der Waals surface area contributed by atoms with E-state index < -0.39 is 84.8 Å².